The van der Waals surface area contributed by atoms with Gasteiger partial charge in [-0.15, -0.1) is 22.7 Å². The van der Waals surface area contributed by atoms with Gasteiger partial charge in [0.2, 0.25) is 0 Å². The van der Waals surface area contributed by atoms with Gasteiger partial charge in [-0.3, -0.25) is 0 Å². The van der Waals surface area contributed by atoms with Gasteiger partial charge in [-0.1, -0.05) is 12.1 Å². The van der Waals surface area contributed by atoms with Crippen molar-refractivity contribution in [2.45, 2.75) is 25.3 Å². The summed E-state index contributed by atoms with van der Waals surface area (Å²) >= 11 is 3.65. The minimum absolute atomic E-state index is 0.363. The summed E-state index contributed by atoms with van der Waals surface area (Å²) in [5, 5.41) is 7.98. The lowest BCUT2D eigenvalue weighted by atomic mass is 10.2. The highest BCUT2D eigenvalue weighted by atomic mass is 32.1. The van der Waals surface area contributed by atoms with Crippen LogP contribution in [-0.2, 0) is 4.74 Å². The molecule has 2 heterocycles. The van der Waals surface area contributed by atoms with E-state index in [1.807, 2.05) is 22.7 Å². The molecule has 0 fully saturated rings. The summed E-state index contributed by atoms with van der Waals surface area (Å²) in [5.41, 5.74) is 0. The van der Waals surface area contributed by atoms with Gasteiger partial charge in [0.15, 0.2) is 0 Å². The van der Waals surface area contributed by atoms with Crippen LogP contribution >= 0.6 is 22.7 Å². The van der Waals surface area contributed by atoms with E-state index < -0.39 is 0 Å². The molecule has 0 aliphatic heterocycles. The molecular weight excluding hydrogens is 274 g/mol. The first kappa shape index (κ1) is 14.7. The van der Waals surface area contributed by atoms with E-state index >= 15 is 0 Å². The molecule has 0 saturated heterocycles. The first-order valence-electron chi connectivity index (χ1n) is 6.71. The fraction of sp³-hybridized carbons (Fsp3) is 0.467. The lowest BCUT2D eigenvalue weighted by Gasteiger charge is -2.16. The van der Waals surface area contributed by atoms with E-state index in [2.05, 4.69) is 40.3 Å². The van der Waals surface area contributed by atoms with E-state index in [1.54, 1.807) is 7.11 Å². The van der Waals surface area contributed by atoms with Crippen molar-refractivity contribution in [3.8, 4) is 0 Å². The molecule has 19 heavy (non-hydrogen) atoms. The first-order valence-corrected chi connectivity index (χ1v) is 8.47. The number of rotatable bonds is 9. The molecule has 0 atom stereocenters. The molecule has 0 unspecified atom stereocenters. The summed E-state index contributed by atoms with van der Waals surface area (Å²) in [6, 6.07) is 9.05. The Labute approximate surface area is 123 Å². The predicted molar refractivity (Wildman–Crippen MR) is 84.2 cm³/mol. The Kier molecular flexibility index (Phi) is 6.57. The fourth-order valence-electron chi connectivity index (χ4n) is 2.05. The van der Waals surface area contributed by atoms with Crippen LogP contribution in [0.15, 0.2) is 35.0 Å². The molecule has 0 radical (unpaired) electrons. The lowest BCUT2D eigenvalue weighted by Crippen LogP contribution is -2.22. The van der Waals surface area contributed by atoms with Crippen LogP contribution in [0.2, 0.25) is 0 Å². The van der Waals surface area contributed by atoms with E-state index in [9.17, 15) is 0 Å². The van der Waals surface area contributed by atoms with Crippen LogP contribution in [0.4, 0.5) is 0 Å². The standard InChI is InChI=1S/C15H21NOS2/c1-17-10-4-2-3-9-16-15(13-7-5-11-18-13)14-8-6-12-19-14/h5-8,11-12,15-16H,2-4,9-10H2,1H3. The highest BCUT2D eigenvalue weighted by Gasteiger charge is 2.14. The average Bonchev–Trinajstić information content (AvgIpc) is 3.11. The van der Waals surface area contributed by atoms with Crippen molar-refractivity contribution >= 4 is 22.7 Å². The summed E-state index contributed by atoms with van der Waals surface area (Å²) in [7, 11) is 1.77. The Morgan fingerprint density at radius 3 is 2.26 bits per heavy atom. The Hall–Kier alpha value is -0.680. The second-order valence-electron chi connectivity index (χ2n) is 4.47. The zero-order valence-electron chi connectivity index (χ0n) is 11.3. The average molecular weight is 295 g/mol. The summed E-state index contributed by atoms with van der Waals surface area (Å²) in [5.74, 6) is 0. The molecule has 0 amide bonds. The van der Waals surface area contributed by atoms with E-state index in [-0.39, 0.29) is 0 Å². The number of hydrogen-bond acceptors (Lipinski definition) is 4. The van der Waals surface area contributed by atoms with Crippen molar-refractivity contribution in [2.75, 3.05) is 20.3 Å². The molecule has 0 spiro atoms. The third-order valence-electron chi connectivity index (χ3n) is 3.03. The van der Waals surface area contributed by atoms with E-state index in [1.165, 1.54) is 22.6 Å². The molecule has 104 valence electrons. The van der Waals surface area contributed by atoms with Crippen LogP contribution in [0.25, 0.3) is 0 Å². The molecule has 0 bridgehead atoms. The molecule has 2 aromatic rings. The monoisotopic (exact) mass is 295 g/mol. The molecule has 2 nitrogen and oxygen atoms in total. The van der Waals surface area contributed by atoms with Gasteiger partial charge in [0.1, 0.15) is 0 Å². The zero-order chi connectivity index (χ0) is 13.3. The van der Waals surface area contributed by atoms with E-state index in [0.717, 1.165) is 19.6 Å². The molecular formula is C15H21NOS2. The van der Waals surface area contributed by atoms with Crippen LogP contribution in [0.3, 0.4) is 0 Å². The Morgan fingerprint density at radius 2 is 1.74 bits per heavy atom. The summed E-state index contributed by atoms with van der Waals surface area (Å²) in [6.07, 6.45) is 3.58. The maximum absolute atomic E-state index is 5.07. The largest absolute Gasteiger partial charge is 0.385 e. The van der Waals surface area contributed by atoms with Gasteiger partial charge in [-0.2, -0.15) is 0 Å². The third-order valence-corrected chi connectivity index (χ3v) is 4.90. The third kappa shape index (κ3) is 4.73. The van der Waals surface area contributed by atoms with Crippen molar-refractivity contribution in [3.05, 3.63) is 44.8 Å². The van der Waals surface area contributed by atoms with Gasteiger partial charge in [-0.05, 0) is 48.7 Å². The van der Waals surface area contributed by atoms with Crippen molar-refractivity contribution in [1.29, 1.82) is 0 Å². The second-order valence-corrected chi connectivity index (χ2v) is 6.43. The lowest BCUT2D eigenvalue weighted by molar-refractivity contribution is 0.192. The predicted octanol–water partition coefficient (Wildman–Crippen LogP) is 4.31. The topological polar surface area (TPSA) is 21.3 Å². The number of thiophene rings is 2. The SMILES string of the molecule is COCCCCCNC(c1cccs1)c1cccs1. The minimum atomic E-state index is 0.363. The first-order chi connectivity index (χ1) is 9.42. The van der Waals surface area contributed by atoms with Gasteiger partial charge in [0.05, 0.1) is 6.04 Å². The molecule has 0 aromatic carbocycles. The van der Waals surface area contributed by atoms with Gasteiger partial charge >= 0.3 is 0 Å². The van der Waals surface area contributed by atoms with E-state index in [4.69, 9.17) is 4.74 Å². The Bertz CT molecular complexity index is 391. The Morgan fingerprint density at radius 1 is 1.05 bits per heavy atom. The van der Waals surface area contributed by atoms with Gasteiger partial charge < -0.3 is 10.1 Å². The number of ether oxygens (including phenoxy) is 1. The maximum Gasteiger partial charge on any atom is 0.0764 e. The fourth-order valence-corrected chi connectivity index (χ4v) is 3.76. The van der Waals surface area contributed by atoms with Gasteiger partial charge in [0, 0.05) is 23.5 Å². The normalized spacial score (nSPS) is 11.3. The molecule has 0 saturated carbocycles. The second kappa shape index (κ2) is 8.48. The zero-order valence-corrected chi connectivity index (χ0v) is 12.9. The summed E-state index contributed by atoms with van der Waals surface area (Å²) in [6.45, 7) is 1.93. The molecule has 1 N–H and O–H groups in total. The number of unbranched alkanes of at least 4 members (excludes halogenated alkanes) is 2. The van der Waals surface area contributed by atoms with E-state index in [0.29, 0.717) is 6.04 Å². The van der Waals surface area contributed by atoms with Gasteiger partial charge in [-0.25, -0.2) is 0 Å². The van der Waals surface area contributed by atoms with Crippen LogP contribution in [-0.4, -0.2) is 20.3 Å². The van der Waals surface area contributed by atoms with Crippen molar-refractivity contribution in [1.82, 2.24) is 5.32 Å². The highest BCUT2D eigenvalue weighted by Crippen LogP contribution is 2.29. The molecule has 0 aliphatic carbocycles. The maximum atomic E-state index is 5.07. The molecule has 2 aromatic heterocycles. The van der Waals surface area contributed by atoms with Crippen LogP contribution in [0, 0.1) is 0 Å². The van der Waals surface area contributed by atoms with Crippen molar-refractivity contribution in [3.63, 3.8) is 0 Å². The number of nitrogens with one attached hydrogen (secondary N) is 1. The summed E-state index contributed by atoms with van der Waals surface area (Å²) < 4.78 is 5.07. The Balaban J connectivity index is 1.82. The number of hydrogen-bond donors (Lipinski definition) is 1. The van der Waals surface area contributed by atoms with Crippen LogP contribution in [0.5, 0.6) is 0 Å². The molecule has 0 aliphatic rings. The molecule has 2 rings (SSSR count). The van der Waals surface area contributed by atoms with Gasteiger partial charge in [0.25, 0.3) is 0 Å². The van der Waals surface area contributed by atoms with Crippen LogP contribution < -0.4 is 5.32 Å². The minimum Gasteiger partial charge on any atom is -0.385 e. The summed E-state index contributed by atoms with van der Waals surface area (Å²) in [4.78, 5) is 2.80. The van der Waals surface area contributed by atoms with Crippen LogP contribution in [0.1, 0.15) is 35.1 Å². The highest BCUT2D eigenvalue weighted by molar-refractivity contribution is 7.11. The smallest absolute Gasteiger partial charge is 0.0764 e. The van der Waals surface area contributed by atoms with Crippen molar-refractivity contribution in [2.24, 2.45) is 0 Å². The number of methoxy groups -OCH3 is 1. The molecule has 4 heteroatoms. The van der Waals surface area contributed by atoms with Crippen molar-refractivity contribution < 1.29 is 4.74 Å². The quantitative estimate of drug-likeness (QED) is 0.696.